The zero-order valence-electron chi connectivity index (χ0n) is 9.36. The van der Waals surface area contributed by atoms with Crippen LogP contribution >= 0.6 is 0 Å². The van der Waals surface area contributed by atoms with E-state index in [9.17, 15) is 4.39 Å². The Morgan fingerprint density at radius 3 is 2.75 bits per heavy atom. The lowest BCUT2D eigenvalue weighted by atomic mass is 10.1. The van der Waals surface area contributed by atoms with Crippen molar-refractivity contribution < 1.29 is 9.13 Å². The van der Waals surface area contributed by atoms with Gasteiger partial charge in [-0.25, -0.2) is 4.39 Å². The molecule has 1 aliphatic rings. The first-order chi connectivity index (χ1) is 7.86. The summed E-state index contributed by atoms with van der Waals surface area (Å²) in [7, 11) is 0. The maximum Gasteiger partial charge on any atom is 0.141 e. The van der Waals surface area contributed by atoms with E-state index in [1.807, 2.05) is 18.2 Å². The highest BCUT2D eigenvalue weighted by Gasteiger charge is 2.26. The van der Waals surface area contributed by atoms with Crippen LogP contribution in [0.5, 0.6) is 0 Å². The standard InChI is InChI=1S/C13H18FNO/c14-12-9-16-10-13(12)15-8-4-7-11-5-2-1-3-6-11/h1-3,5-6,12-13,15H,4,7-10H2/t12-,13-/m1/s1. The third-order valence-electron chi connectivity index (χ3n) is 2.90. The molecule has 1 aliphatic heterocycles. The van der Waals surface area contributed by atoms with Gasteiger partial charge in [0.1, 0.15) is 6.17 Å². The predicted octanol–water partition coefficient (Wildman–Crippen LogP) is 1.95. The molecule has 1 aromatic carbocycles. The molecule has 1 saturated heterocycles. The molecule has 88 valence electrons. The van der Waals surface area contributed by atoms with Crippen LogP contribution in [0.25, 0.3) is 0 Å². The molecule has 0 saturated carbocycles. The molecule has 0 aliphatic carbocycles. The van der Waals surface area contributed by atoms with Crippen LogP contribution in [0.15, 0.2) is 30.3 Å². The Bertz CT molecular complexity index is 304. The SMILES string of the molecule is F[C@@H]1COC[C@H]1NCCCc1ccccc1. The number of alkyl halides is 1. The van der Waals surface area contributed by atoms with Crippen molar-refractivity contribution in [2.24, 2.45) is 0 Å². The van der Waals surface area contributed by atoms with Crippen molar-refractivity contribution in [2.45, 2.75) is 25.1 Å². The molecule has 16 heavy (non-hydrogen) atoms. The molecule has 0 radical (unpaired) electrons. The number of ether oxygens (including phenoxy) is 1. The largest absolute Gasteiger partial charge is 0.377 e. The van der Waals surface area contributed by atoms with Crippen molar-refractivity contribution in [3.8, 4) is 0 Å². The van der Waals surface area contributed by atoms with Crippen LogP contribution in [-0.4, -0.2) is 32.0 Å². The van der Waals surface area contributed by atoms with E-state index in [2.05, 4.69) is 17.4 Å². The van der Waals surface area contributed by atoms with E-state index in [4.69, 9.17) is 4.74 Å². The summed E-state index contributed by atoms with van der Waals surface area (Å²) < 4.78 is 18.2. The lowest BCUT2D eigenvalue weighted by Crippen LogP contribution is -2.37. The smallest absolute Gasteiger partial charge is 0.141 e. The average molecular weight is 223 g/mol. The molecular formula is C13H18FNO. The topological polar surface area (TPSA) is 21.3 Å². The second kappa shape index (κ2) is 5.97. The highest BCUT2D eigenvalue weighted by atomic mass is 19.1. The van der Waals surface area contributed by atoms with Crippen LogP contribution in [0.3, 0.4) is 0 Å². The van der Waals surface area contributed by atoms with E-state index in [0.29, 0.717) is 6.61 Å². The van der Waals surface area contributed by atoms with Crippen LogP contribution in [0.4, 0.5) is 4.39 Å². The summed E-state index contributed by atoms with van der Waals surface area (Å²) in [4.78, 5) is 0. The van der Waals surface area contributed by atoms with E-state index < -0.39 is 6.17 Å². The number of hydrogen-bond donors (Lipinski definition) is 1. The Morgan fingerprint density at radius 2 is 2.06 bits per heavy atom. The van der Waals surface area contributed by atoms with Gasteiger partial charge in [-0.1, -0.05) is 30.3 Å². The Kier molecular flexibility index (Phi) is 4.31. The monoisotopic (exact) mass is 223 g/mol. The molecule has 1 heterocycles. The maximum atomic E-state index is 13.2. The van der Waals surface area contributed by atoms with Gasteiger partial charge in [0.15, 0.2) is 0 Å². The summed E-state index contributed by atoms with van der Waals surface area (Å²) in [6.45, 7) is 1.60. The number of aryl methyl sites for hydroxylation is 1. The van der Waals surface area contributed by atoms with E-state index in [0.717, 1.165) is 19.4 Å². The van der Waals surface area contributed by atoms with Crippen molar-refractivity contribution in [3.63, 3.8) is 0 Å². The number of rotatable bonds is 5. The van der Waals surface area contributed by atoms with Crippen molar-refractivity contribution in [2.75, 3.05) is 19.8 Å². The van der Waals surface area contributed by atoms with Crippen molar-refractivity contribution >= 4 is 0 Å². The molecular weight excluding hydrogens is 205 g/mol. The van der Waals surface area contributed by atoms with Gasteiger partial charge in [0.2, 0.25) is 0 Å². The molecule has 3 heteroatoms. The van der Waals surface area contributed by atoms with Crippen molar-refractivity contribution in [1.29, 1.82) is 0 Å². The van der Waals surface area contributed by atoms with E-state index in [1.165, 1.54) is 5.56 Å². The first kappa shape index (κ1) is 11.6. The van der Waals surface area contributed by atoms with Gasteiger partial charge in [-0.3, -0.25) is 0 Å². The van der Waals surface area contributed by atoms with Crippen LogP contribution in [0.2, 0.25) is 0 Å². The molecule has 1 aromatic rings. The summed E-state index contributed by atoms with van der Waals surface area (Å²) in [5, 5.41) is 3.20. The zero-order chi connectivity index (χ0) is 11.2. The summed E-state index contributed by atoms with van der Waals surface area (Å²) in [5.41, 5.74) is 1.34. The van der Waals surface area contributed by atoms with Gasteiger partial charge in [-0.15, -0.1) is 0 Å². The third-order valence-corrected chi connectivity index (χ3v) is 2.90. The Labute approximate surface area is 95.8 Å². The molecule has 2 rings (SSSR count). The molecule has 2 atom stereocenters. The van der Waals surface area contributed by atoms with Crippen LogP contribution in [0, 0.1) is 0 Å². The predicted molar refractivity (Wildman–Crippen MR) is 62.3 cm³/mol. The molecule has 0 aromatic heterocycles. The van der Waals surface area contributed by atoms with E-state index in [1.54, 1.807) is 0 Å². The Morgan fingerprint density at radius 1 is 1.25 bits per heavy atom. The van der Waals surface area contributed by atoms with Gasteiger partial charge in [0.05, 0.1) is 19.3 Å². The summed E-state index contributed by atoms with van der Waals surface area (Å²) in [5.74, 6) is 0. The molecule has 1 fully saturated rings. The van der Waals surface area contributed by atoms with Gasteiger partial charge in [0.25, 0.3) is 0 Å². The van der Waals surface area contributed by atoms with Crippen LogP contribution < -0.4 is 5.32 Å². The molecule has 1 N–H and O–H groups in total. The first-order valence-corrected chi connectivity index (χ1v) is 5.85. The van der Waals surface area contributed by atoms with E-state index >= 15 is 0 Å². The highest BCUT2D eigenvalue weighted by Crippen LogP contribution is 2.09. The number of nitrogens with one attached hydrogen (secondary N) is 1. The van der Waals surface area contributed by atoms with Crippen molar-refractivity contribution in [3.05, 3.63) is 35.9 Å². The molecule has 0 bridgehead atoms. The molecule has 0 spiro atoms. The lowest BCUT2D eigenvalue weighted by Gasteiger charge is -2.12. The first-order valence-electron chi connectivity index (χ1n) is 5.85. The lowest BCUT2D eigenvalue weighted by molar-refractivity contribution is 0.172. The maximum absolute atomic E-state index is 13.2. The summed E-state index contributed by atoms with van der Waals surface area (Å²) in [6.07, 6.45) is 1.24. The minimum atomic E-state index is -0.836. The van der Waals surface area contributed by atoms with Gasteiger partial charge >= 0.3 is 0 Å². The minimum absolute atomic E-state index is 0.101. The van der Waals surface area contributed by atoms with Gasteiger partial charge in [-0.05, 0) is 24.9 Å². The fraction of sp³-hybridized carbons (Fsp3) is 0.538. The quantitative estimate of drug-likeness (QED) is 0.770. The zero-order valence-corrected chi connectivity index (χ0v) is 9.36. The van der Waals surface area contributed by atoms with Crippen LogP contribution in [-0.2, 0) is 11.2 Å². The fourth-order valence-corrected chi connectivity index (χ4v) is 1.94. The Balaban J connectivity index is 1.62. The van der Waals surface area contributed by atoms with E-state index in [-0.39, 0.29) is 12.6 Å². The summed E-state index contributed by atoms with van der Waals surface area (Å²) >= 11 is 0. The third kappa shape index (κ3) is 3.29. The Hall–Kier alpha value is -0.930. The second-order valence-corrected chi connectivity index (χ2v) is 4.20. The average Bonchev–Trinajstić information content (AvgIpc) is 2.72. The summed E-state index contributed by atoms with van der Waals surface area (Å²) in [6, 6.07) is 10.3. The van der Waals surface area contributed by atoms with Crippen LogP contribution in [0.1, 0.15) is 12.0 Å². The number of hydrogen-bond acceptors (Lipinski definition) is 2. The fourth-order valence-electron chi connectivity index (χ4n) is 1.94. The number of benzene rings is 1. The molecule has 2 nitrogen and oxygen atoms in total. The van der Waals surface area contributed by atoms with Crippen molar-refractivity contribution in [1.82, 2.24) is 5.32 Å². The molecule has 0 unspecified atom stereocenters. The number of halogens is 1. The molecule has 0 amide bonds. The normalized spacial score (nSPS) is 24.8. The van der Waals surface area contributed by atoms with Gasteiger partial charge < -0.3 is 10.1 Å². The van der Waals surface area contributed by atoms with Gasteiger partial charge in [-0.2, -0.15) is 0 Å². The second-order valence-electron chi connectivity index (χ2n) is 4.20. The van der Waals surface area contributed by atoms with Gasteiger partial charge in [0, 0.05) is 0 Å². The minimum Gasteiger partial charge on any atom is -0.377 e. The highest BCUT2D eigenvalue weighted by molar-refractivity contribution is 5.14.